The molecule has 1 saturated carbocycles. The number of likely N-dealkylation sites (tertiary alicyclic amines) is 1. The summed E-state index contributed by atoms with van der Waals surface area (Å²) in [4.78, 5) is 25.2. The third-order valence-corrected chi connectivity index (χ3v) is 9.80. The van der Waals surface area contributed by atoms with Crippen LogP contribution in [0.3, 0.4) is 0 Å². The van der Waals surface area contributed by atoms with Crippen molar-refractivity contribution in [1.82, 2.24) is 34.4 Å². The highest BCUT2D eigenvalue weighted by Crippen LogP contribution is 2.56. The third-order valence-electron chi connectivity index (χ3n) is 9.80. The summed E-state index contributed by atoms with van der Waals surface area (Å²) in [6, 6.07) is 26.5. The van der Waals surface area contributed by atoms with Crippen LogP contribution < -0.4 is 5.73 Å². The Morgan fingerprint density at radius 3 is 2.40 bits per heavy atom. The minimum atomic E-state index is -0.287. The first-order chi connectivity index (χ1) is 23.0. The topological polar surface area (TPSA) is 122 Å². The van der Waals surface area contributed by atoms with Gasteiger partial charge in [-0.2, -0.15) is 5.26 Å². The molecule has 5 heterocycles. The van der Waals surface area contributed by atoms with Gasteiger partial charge in [0.25, 0.3) is 0 Å². The molecule has 10 heteroatoms. The Labute approximate surface area is 271 Å². The minimum Gasteiger partial charge on any atom is -0.383 e. The van der Waals surface area contributed by atoms with Gasteiger partial charge in [-0.3, -0.25) is 9.47 Å². The number of hydrogen-bond acceptors (Lipinski definition) is 8. The van der Waals surface area contributed by atoms with Gasteiger partial charge < -0.3 is 5.73 Å². The van der Waals surface area contributed by atoms with Gasteiger partial charge in [0.1, 0.15) is 23.2 Å². The van der Waals surface area contributed by atoms with Crippen LogP contribution in [-0.2, 0) is 6.54 Å². The number of benzene rings is 2. The Morgan fingerprint density at radius 1 is 0.872 bits per heavy atom. The predicted octanol–water partition coefficient (Wildman–Crippen LogP) is 6.69. The van der Waals surface area contributed by atoms with E-state index in [0.29, 0.717) is 28.6 Å². The molecule has 1 saturated heterocycles. The molecule has 8 rings (SSSR count). The van der Waals surface area contributed by atoms with Crippen LogP contribution in [0.2, 0.25) is 0 Å². The highest BCUT2D eigenvalue weighted by atomic mass is 19.1. The van der Waals surface area contributed by atoms with Gasteiger partial charge in [-0.15, -0.1) is 0 Å². The molecule has 0 atom stereocenters. The van der Waals surface area contributed by atoms with Crippen LogP contribution in [-0.4, -0.2) is 47.5 Å². The molecule has 47 heavy (non-hydrogen) atoms. The van der Waals surface area contributed by atoms with E-state index in [0.717, 1.165) is 66.2 Å². The lowest BCUT2D eigenvalue weighted by Crippen LogP contribution is -2.46. The van der Waals surface area contributed by atoms with Crippen molar-refractivity contribution >= 4 is 17.0 Å². The van der Waals surface area contributed by atoms with Crippen LogP contribution in [0.1, 0.15) is 48.7 Å². The zero-order valence-electron chi connectivity index (χ0n) is 25.7. The normalized spacial score (nSPS) is 16.3. The number of nitrogen functional groups attached to an aromatic ring is 1. The number of nitrogens with zero attached hydrogens (tertiary/aromatic N) is 8. The molecule has 4 aromatic heterocycles. The Bertz CT molecular complexity index is 2120. The lowest BCUT2D eigenvalue weighted by Gasteiger charge is -2.52. The Balaban J connectivity index is 1.02. The smallest absolute Gasteiger partial charge is 0.232 e. The molecule has 0 radical (unpaired) electrons. The summed E-state index contributed by atoms with van der Waals surface area (Å²) in [5.74, 6) is 1.45. The molecule has 2 fully saturated rings. The van der Waals surface area contributed by atoms with E-state index in [1.807, 2.05) is 34.9 Å². The molecular weight excluding hydrogens is 589 g/mol. The summed E-state index contributed by atoms with van der Waals surface area (Å²) in [5.41, 5.74) is 13.6. The van der Waals surface area contributed by atoms with Gasteiger partial charge in [-0.25, -0.2) is 29.3 Å². The second-order valence-corrected chi connectivity index (χ2v) is 12.7. The molecule has 1 aliphatic heterocycles. The highest BCUT2D eigenvalue weighted by Gasteiger charge is 2.46. The number of anilines is 1. The van der Waals surface area contributed by atoms with Crippen LogP contribution in [0.4, 0.5) is 10.2 Å². The van der Waals surface area contributed by atoms with Crippen LogP contribution in [0, 0.1) is 22.6 Å². The zero-order valence-corrected chi connectivity index (χ0v) is 25.7. The second kappa shape index (κ2) is 11.7. The molecule has 2 N–H and O–H groups in total. The van der Waals surface area contributed by atoms with Crippen molar-refractivity contribution < 1.29 is 4.39 Å². The summed E-state index contributed by atoms with van der Waals surface area (Å²) in [7, 11) is 0. The first-order valence-electron chi connectivity index (χ1n) is 15.9. The quantitative estimate of drug-likeness (QED) is 0.218. The largest absolute Gasteiger partial charge is 0.383 e. The number of pyridine rings is 2. The van der Waals surface area contributed by atoms with Crippen molar-refractivity contribution in [2.75, 3.05) is 18.8 Å². The van der Waals surface area contributed by atoms with Gasteiger partial charge >= 0.3 is 0 Å². The summed E-state index contributed by atoms with van der Waals surface area (Å²) in [5, 5.41) is 9.15. The van der Waals surface area contributed by atoms with Crippen LogP contribution >= 0.6 is 0 Å². The van der Waals surface area contributed by atoms with Crippen LogP contribution in [0.5, 0.6) is 0 Å². The maximum atomic E-state index is 13.6. The lowest BCUT2D eigenvalue weighted by molar-refractivity contribution is 0.0118. The van der Waals surface area contributed by atoms with Crippen molar-refractivity contribution in [3.63, 3.8) is 0 Å². The average molecular weight is 622 g/mol. The number of nitrogens with two attached hydrogens (primary N) is 1. The minimum absolute atomic E-state index is 0.258. The molecule has 1 aliphatic carbocycles. The lowest BCUT2D eigenvalue weighted by atomic mass is 9.57. The third kappa shape index (κ3) is 5.49. The average Bonchev–Trinajstić information content (AvgIpc) is 3.47. The molecule has 6 aromatic rings. The summed E-state index contributed by atoms with van der Waals surface area (Å²) in [6.07, 6.45) is 7.99. The van der Waals surface area contributed by atoms with Crippen molar-refractivity contribution in [3.05, 3.63) is 114 Å². The number of halogens is 1. The molecule has 232 valence electrons. The Hall–Kier alpha value is -5.53. The maximum Gasteiger partial charge on any atom is 0.232 e. The molecule has 2 aliphatic rings. The molecular formula is C37H32FN9. The van der Waals surface area contributed by atoms with Crippen molar-refractivity contribution in [2.45, 2.75) is 38.1 Å². The van der Waals surface area contributed by atoms with Gasteiger partial charge in [0.2, 0.25) is 5.82 Å². The number of piperidine rings is 1. The van der Waals surface area contributed by atoms with E-state index in [-0.39, 0.29) is 11.6 Å². The monoisotopic (exact) mass is 621 g/mol. The van der Waals surface area contributed by atoms with E-state index in [9.17, 15) is 4.39 Å². The van der Waals surface area contributed by atoms with Gasteiger partial charge in [0.15, 0.2) is 11.5 Å². The van der Waals surface area contributed by atoms with E-state index in [1.165, 1.54) is 30.5 Å². The fourth-order valence-electron chi connectivity index (χ4n) is 7.22. The van der Waals surface area contributed by atoms with E-state index in [1.54, 1.807) is 24.5 Å². The maximum absolute atomic E-state index is 13.6. The number of nitriles is 1. The molecule has 1 spiro atoms. The summed E-state index contributed by atoms with van der Waals surface area (Å²) < 4.78 is 15.7. The first-order valence-corrected chi connectivity index (χ1v) is 15.9. The highest BCUT2D eigenvalue weighted by molar-refractivity contribution is 5.84. The fraction of sp³-hybridized carbons (Fsp3) is 0.243. The summed E-state index contributed by atoms with van der Waals surface area (Å²) >= 11 is 0. The van der Waals surface area contributed by atoms with Crippen LogP contribution in [0.25, 0.3) is 39.5 Å². The second-order valence-electron chi connectivity index (χ2n) is 12.7. The van der Waals surface area contributed by atoms with Gasteiger partial charge in [-0.1, -0.05) is 12.1 Å². The first kappa shape index (κ1) is 28.9. The number of hydrogen-bond donors (Lipinski definition) is 1. The van der Waals surface area contributed by atoms with E-state index in [4.69, 9.17) is 21.0 Å². The van der Waals surface area contributed by atoms with Crippen molar-refractivity contribution in [1.29, 1.82) is 5.26 Å². The standard InChI is InChI=1S/C37H32FN9/c38-27-7-5-25(6-8-27)30-11-12-32-36(44-30)47(35(45-32)29-2-1-16-42-34(29)40)28-9-3-24(4-10-28)23-46-18-14-37(15-19-46)20-26(21-37)31-13-17-41-33(22-39)43-31/h1-13,16-17,26H,14-15,18-21,23H2,(H2,40,42). The van der Waals surface area contributed by atoms with E-state index >= 15 is 0 Å². The van der Waals surface area contributed by atoms with Crippen molar-refractivity contribution in [2.24, 2.45) is 5.41 Å². The zero-order chi connectivity index (χ0) is 32.0. The van der Waals surface area contributed by atoms with Gasteiger partial charge in [0, 0.05) is 41.8 Å². The number of fused-ring (bicyclic) bond motifs is 1. The molecule has 9 nitrogen and oxygen atoms in total. The Kier molecular flexibility index (Phi) is 7.18. The van der Waals surface area contributed by atoms with Gasteiger partial charge in [-0.05, 0) is 116 Å². The number of rotatable bonds is 6. The molecule has 0 unspecified atom stereocenters. The van der Waals surface area contributed by atoms with E-state index in [2.05, 4.69) is 50.2 Å². The Morgan fingerprint density at radius 2 is 1.66 bits per heavy atom. The summed E-state index contributed by atoms with van der Waals surface area (Å²) in [6.45, 7) is 3.01. The molecule has 2 aromatic carbocycles. The SMILES string of the molecule is N#Cc1nccc(C2CC3(CCN(Cc4ccc(-n5c(-c6cccnc6N)nc6ccc(-c7ccc(F)cc7)nc65)cc4)CC3)C2)n1. The fourth-order valence-corrected chi connectivity index (χ4v) is 7.22. The molecule has 0 bridgehead atoms. The van der Waals surface area contributed by atoms with Gasteiger partial charge in [0.05, 0.1) is 11.3 Å². The van der Waals surface area contributed by atoms with E-state index < -0.39 is 0 Å². The number of aromatic nitrogens is 6. The predicted molar refractivity (Wildman–Crippen MR) is 178 cm³/mol. The van der Waals surface area contributed by atoms with Crippen LogP contribution in [0.15, 0.2) is 91.3 Å². The number of imidazole rings is 1. The molecule has 0 amide bonds. The van der Waals surface area contributed by atoms with Crippen molar-refractivity contribution in [3.8, 4) is 34.4 Å².